The van der Waals surface area contributed by atoms with Gasteiger partial charge in [0.05, 0.1) is 47.5 Å². The molecule has 1 amide bonds. The number of nitrogens with zero attached hydrogens (tertiary/aromatic N) is 7. The number of hydrogen-bond donors (Lipinski definition) is 1. The van der Waals surface area contributed by atoms with E-state index in [4.69, 9.17) is 0 Å². The maximum absolute atomic E-state index is 12.9. The Morgan fingerprint density at radius 1 is 1.24 bits per heavy atom. The van der Waals surface area contributed by atoms with E-state index in [0.717, 1.165) is 16.7 Å². The number of fused-ring (bicyclic) bond motifs is 2. The predicted octanol–water partition coefficient (Wildman–Crippen LogP) is 1.09. The van der Waals surface area contributed by atoms with Gasteiger partial charge >= 0.3 is 0 Å². The fourth-order valence-corrected chi connectivity index (χ4v) is 3.82. The normalized spacial score (nSPS) is 14.9. The summed E-state index contributed by atoms with van der Waals surface area (Å²) in [5, 5.41) is 19.3. The molecule has 1 N–H and O–H groups in total. The van der Waals surface area contributed by atoms with Gasteiger partial charge in [0.2, 0.25) is 5.91 Å². The number of aliphatic hydroxyl groups excluding tert-OH is 1. The largest absolute Gasteiger partial charge is 0.380 e. The Morgan fingerprint density at radius 2 is 2.10 bits per heavy atom. The first-order chi connectivity index (χ1) is 14.1. The van der Waals surface area contributed by atoms with Crippen LogP contribution in [0.4, 0.5) is 0 Å². The monoisotopic (exact) mass is 391 g/mol. The van der Waals surface area contributed by atoms with E-state index in [1.54, 1.807) is 30.3 Å². The molecule has 0 unspecified atom stereocenters. The standard InChI is InChI=1S/C20H21N7O2/c1-24-18(6-7-22-24)20(29)16-10-14-11-25(8-9-27(14)23-16)19(28)12-26-13-21-15-4-2-3-5-17(15)26/h2-7,10,13,20,29H,8-9,11-12H2,1H3/t20-/m1/s1. The number of carbonyl (C=O) groups excluding carboxylic acids is 1. The zero-order valence-electron chi connectivity index (χ0n) is 16.0. The van der Waals surface area contributed by atoms with Crippen LogP contribution in [-0.4, -0.2) is 51.6 Å². The summed E-state index contributed by atoms with van der Waals surface area (Å²) in [4.78, 5) is 19.1. The van der Waals surface area contributed by atoms with Crippen LogP contribution in [0.15, 0.2) is 48.9 Å². The maximum Gasteiger partial charge on any atom is 0.242 e. The maximum atomic E-state index is 12.9. The molecule has 0 fully saturated rings. The van der Waals surface area contributed by atoms with Gasteiger partial charge < -0.3 is 14.6 Å². The quantitative estimate of drug-likeness (QED) is 0.562. The second kappa shape index (κ2) is 6.85. The van der Waals surface area contributed by atoms with Gasteiger partial charge in [0, 0.05) is 19.8 Å². The zero-order valence-corrected chi connectivity index (χ0v) is 16.0. The Labute approximate surface area is 166 Å². The SMILES string of the molecule is Cn1nccc1[C@H](O)c1cc2n(n1)CCN(C(=O)Cn1cnc3ccccc31)C2. The molecule has 3 aromatic heterocycles. The van der Waals surface area contributed by atoms with E-state index < -0.39 is 6.10 Å². The van der Waals surface area contributed by atoms with Gasteiger partial charge in [-0.15, -0.1) is 0 Å². The molecule has 9 heteroatoms. The first kappa shape index (κ1) is 17.6. The molecule has 5 rings (SSSR count). The molecule has 0 saturated carbocycles. The number of rotatable bonds is 4. The number of amides is 1. The Kier molecular flexibility index (Phi) is 4.17. The third-order valence-electron chi connectivity index (χ3n) is 5.42. The minimum Gasteiger partial charge on any atom is -0.380 e. The second-order valence-corrected chi connectivity index (χ2v) is 7.24. The van der Waals surface area contributed by atoms with Crippen molar-refractivity contribution < 1.29 is 9.90 Å². The third-order valence-corrected chi connectivity index (χ3v) is 5.42. The lowest BCUT2D eigenvalue weighted by atomic mass is 10.1. The number of imidazole rings is 1. The molecule has 0 aliphatic carbocycles. The lowest BCUT2D eigenvalue weighted by Crippen LogP contribution is -2.40. The number of para-hydroxylation sites is 2. The van der Waals surface area contributed by atoms with Crippen LogP contribution >= 0.6 is 0 Å². The third kappa shape index (κ3) is 3.09. The van der Waals surface area contributed by atoms with E-state index in [1.165, 1.54) is 0 Å². The number of aromatic nitrogens is 6. The molecule has 1 aliphatic rings. The molecule has 1 aliphatic heterocycles. The molecule has 0 radical (unpaired) electrons. The first-order valence-corrected chi connectivity index (χ1v) is 9.50. The van der Waals surface area contributed by atoms with Gasteiger partial charge in [0.1, 0.15) is 12.6 Å². The Hall–Kier alpha value is -3.46. The van der Waals surface area contributed by atoms with Gasteiger partial charge in [-0.25, -0.2) is 4.98 Å². The summed E-state index contributed by atoms with van der Waals surface area (Å²) < 4.78 is 5.38. The van der Waals surface area contributed by atoms with E-state index in [1.807, 2.05) is 44.5 Å². The van der Waals surface area contributed by atoms with Crippen molar-refractivity contribution in [1.82, 2.24) is 34.0 Å². The molecule has 0 saturated heterocycles. The van der Waals surface area contributed by atoms with E-state index in [-0.39, 0.29) is 12.5 Å². The van der Waals surface area contributed by atoms with Crippen molar-refractivity contribution >= 4 is 16.9 Å². The van der Waals surface area contributed by atoms with Crippen molar-refractivity contribution in [3.63, 3.8) is 0 Å². The van der Waals surface area contributed by atoms with E-state index in [9.17, 15) is 9.90 Å². The van der Waals surface area contributed by atoms with Crippen LogP contribution < -0.4 is 0 Å². The summed E-state index contributed by atoms with van der Waals surface area (Å²) in [6.07, 6.45) is 2.51. The van der Waals surface area contributed by atoms with Gasteiger partial charge in [-0.05, 0) is 24.3 Å². The van der Waals surface area contributed by atoms with E-state index >= 15 is 0 Å². The van der Waals surface area contributed by atoms with Crippen LogP contribution in [0, 0.1) is 0 Å². The minimum absolute atomic E-state index is 0.0364. The van der Waals surface area contributed by atoms with Gasteiger partial charge in [-0.2, -0.15) is 10.2 Å². The highest BCUT2D eigenvalue weighted by molar-refractivity contribution is 5.80. The number of benzene rings is 1. The Bertz CT molecular complexity index is 1190. The van der Waals surface area contributed by atoms with Crippen LogP contribution in [0.2, 0.25) is 0 Å². The Morgan fingerprint density at radius 3 is 2.93 bits per heavy atom. The highest BCUT2D eigenvalue weighted by Crippen LogP contribution is 2.23. The summed E-state index contributed by atoms with van der Waals surface area (Å²) in [5.74, 6) is 0.0364. The molecule has 148 valence electrons. The number of aryl methyl sites for hydroxylation is 1. The summed E-state index contributed by atoms with van der Waals surface area (Å²) >= 11 is 0. The fraction of sp³-hybridized carbons (Fsp3) is 0.300. The highest BCUT2D eigenvalue weighted by Gasteiger charge is 2.25. The first-order valence-electron chi connectivity index (χ1n) is 9.50. The van der Waals surface area contributed by atoms with Gasteiger partial charge in [-0.3, -0.25) is 14.2 Å². The lowest BCUT2D eigenvalue weighted by molar-refractivity contribution is -0.133. The van der Waals surface area contributed by atoms with Gasteiger partial charge in [-0.1, -0.05) is 12.1 Å². The van der Waals surface area contributed by atoms with Crippen LogP contribution in [0.3, 0.4) is 0 Å². The zero-order chi connectivity index (χ0) is 20.0. The molecule has 1 aromatic carbocycles. The molecular formula is C20H21N7O2. The highest BCUT2D eigenvalue weighted by atomic mass is 16.3. The molecule has 4 aromatic rings. The average Bonchev–Trinajstić information content (AvgIpc) is 3.45. The molecule has 4 heterocycles. The van der Waals surface area contributed by atoms with E-state index in [0.29, 0.717) is 31.0 Å². The van der Waals surface area contributed by atoms with Crippen LogP contribution in [0.1, 0.15) is 23.2 Å². The van der Waals surface area contributed by atoms with Crippen LogP contribution in [0.5, 0.6) is 0 Å². The summed E-state index contributed by atoms with van der Waals surface area (Å²) in [7, 11) is 1.79. The summed E-state index contributed by atoms with van der Waals surface area (Å²) in [5.41, 5.74) is 3.99. The smallest absolute Gasteiger partial charge is 0.242 e. The van der Waals surface area contributed by atoms with Crippen LogP contribution in [-0.2, 0) is 31.5 Å². The van der Waals surface area contributed by atoms with Crippen LogP contribution in [0.25, 0.3) is 11.0 Å². The number of aliphatic hydroxyl groups is 1. The fourth-order valence-electron chi connectivity index (χ4n) is 3.82. The lowest BCUT2D eigenvalue weighted by Gasteiger charge is -2.27. The van der Waals surface area contributed by atoms with Crippen molar-refractivity contribution in [2.75, 3.05) is 6.54 Å². The summed E-state index contributed by atoms with van der Waals surface area (Å²) in [6.45, 7) is 1.90. The molecule has 0 spiro atoms. The Balaban J connectivity index is 1.32. The van der Waals surface area contributed by atoms with Crippen molar-refractivity contribution in [3.05, 3.63) is 66.0 Å². The second-order valence-electron chi connectivity index (χ2n) is 7.24. The molecular weight excluding hydrogens is 370 g/mol. The molecule has 9 nitrogen and oxygen atoms in total. The van der Waals surface area contributed by atoms with Gasteiger partial charge in [0.15, 0.2) is 0 Å². The minimum atomic E-state index is -0.845. The van der Waals surface area contributed by atoms with Crippen molar-refractivity contribution in [2.45, 2.75) is 25.7 Å². The van der Waals surface area contributed by atoms with Crippen molar-refractivity contribution in [3.8, 4) is 0 Å². The average molecular weight is 391 g/mol. The molecule has 29 heavy (non-hydrogen) atoms. The predicted molar refractivity (Wildman–Crippen MR) is 105 cm³/mol. The van der Waals surface area contributed by atoms with E-state index in [2.05, 4.69) is 15.2 Å². The molecule has 0 bridgehead atoms. The van der Waals surface area contributed by atoms with Gasteiger partial charge in [0.25, 0.3) is 0 Å². The molecule has 1 atom stereocenters. The number of hydrogen-bond acceptors (Lipinski definition) is 5. The van der Waals surface area contributed by atoms with Crippen molar-refractivity contribution in [2.24, 2.45) is 7.05 Å². The van der Waals surface area contributed by atoms with Crippen molar-refractivity contribution in [1.29, 1.82) is 0 Å². The number of carbonyl (C=O) groups is 1. The topological polar surface area (TPSA) is 94.0 Å². The summed E-state index contributed by atoms with van der Waals surface area (Å²) in [6, 6.07) is 11.4.